The van der Waals surface area contributed by atoms with Crippen molar-refractivity contribution in [2.75, 3.05) is 5.73 Å². The Bertz CT molecular complexity index is 545. The van der Waals surface area contributed by atoms with Crippen LogP contribution in [0, 0.1) is 6.92 Å². The van der Waals surface area contributed by atoms with Crippen LogP contribution in [-0.4, -0.2) is 15.0 Å². The second-order valence-electron chi connectivity index (χ2n) is 3.51. The number of halogens is 3. The van der Waals surface area contributed by atoms with Crippen LogP contribution < -0.4 is 5.73 Å². The quantitative estimate of drug-likeness (QED) is 0.806. The van der Waals surface area contributed by atoms with Crippen molar-refractivity contribution in [3.05, 3.63) is 29.8 Å². The third-order valence-corrected chi connectivity index (χ3v) is 2.18. The summed E-state index contributed by atoms with van der Waals surface area (Å²) in [4.78, 5) is 9.92. The molecule has 3 N–H and O–H groups in total. The molecule has 0 saturated carbocycles. The lowest BCUT2D eigenvalue weighted by molar-refractivity contribution is -0.140. The first-order chi connectivity index (χ1) is 7.88. The maximum absolute atomic E-state index is 12.8. The molecule has 0 atom stereocenters. The molecule has 7 heteroatoms. The summed E-state index contributed by atoms with van der Waals surface area (Å²) in [6.07, 6.45) is -3.22. The Labute approximate surface area is 94.7 Å². The normalized spacial score (nSPS) is 11.8. The van der Waals surface area contributed by atoms with Gasteiger partial charge in [0.1, 0.15) is 11.6 Å². The van der Waals surface area contributed by atoms with Crippen molar-refractivity contribution in [3.8, 4) is 11.3 Å². The summed E-state index contributed by atoms with van der Waals surface area (Å²) >= 11 is 0. The van der Waals surface area contributed by atoms with Crippen LogP contribution in [0.3, 0.4) is 0 Å². The van der Waals surface area contributed by atoms with Gasteiger partial charge in [0.2, 0.25) is 0 Å². The number of anilines is 1. The van der Waals surface area contributed by atoms with Gasteiger partial charge in [0.25, 0.3) is 0 Å². The Hall–Kier alpha value is -2.05. The Morgan fingerprint density at radius 2 is 2.00 bits per heavy atom. The number of rotatable bonds is 1. The van der Waals surface area contributed by atoms with Gasteiger partial charge in [-0.15, -0.1) is 0 Å². The van der Waals surface area contributed by atoms with E-state index in [4.69, 9.17) is 5.73 Å². The molecule has 0 bridgehead atoms. The molecule has 0 unspecified atom stereocenters. The number of hydrogen-bond acceptors (Lipinski definition) is 3. The first-order valence-electron chi connectivity index (χ1n) is 4.73. The SMILES string of the molecule is Cc1ncc(-c2ccc(N)nc2C(F)(F)F)[nH]1. The third kappa shape index (κ3) is 2.22. The Morgan fingerprint density at radius 1 is 1.29 bits per heavy atom. The van der Waals surface area contributed by atoms with Gasteiger partial charge in [-0.05, 0) is 19.1 Å². The third-order valence-electron chi connectivity index (χ3n) is 2.18. The van der Waals surface area contributed by atoms with Crippen molar-refractivity contribution in [1.82, 2.24) is 15.0 Å². The molecule has 0 saturated heterocycles. The van der Waals surface area contributed by atoms with E-state index in [1.54, 1.807) is 6.92 Å². The largest absolute Gasteiger partial charge is 0.434 e. The van der Waals surface area contributed by atoms with Crippen molar-refractivity contribution in [1.29, 1.82) is 0 Å². The fraction of sp³-hybridized carbons (Fsp3) is 0.200. The van der Waals surface area contributed by atoms with Crippen molar-refractivity contribution < 1.29 is 13.2 Å². The van der Waals surface area contributed by atoms with Crippen LogP contribution >= 0.6 is 0 Å². The number of aromatic nitrogens is 3. The zero-order chi connectivity index (χ0) is 12.6. The summed E-state index contributed by atoms with van der Waals surface area (Å²) < 4.78 is 38.3. The number of nitrogens with one attached hydrogen (secondary N) is 1. The molecule has 0 radical (unpaired) electrons. The molecule has 0 aliphatic carbocycles. The van der Waals surface area contributed by atoms with Crippen LogP contribution in [0.4, 0.5) is 19.0 Å². The zero-order valence-electron chi connectivity index (χ0n) is 8.84. The van der Waals surface area contributed by atoms with E-state index < -0.39 is 11.9 Å². The molecule has 0 spiro atoms. The average molecular weight is 242 g/mol. The minimum atomic E-state index is -4.55. The molecule has 0 aliphatic heterocycles. The molecule has 2 heterocycles. The minimum absolute atomic E-state index is 0.0627. The molecule has 4 nitrogen and oxygen atoms in total. The number of imidazole rings is 1. The van der Waals surface area contributed by atoms with Gasteiger partial charge in [0.05, 0.1) is 11.9 Å². The van der Waals surface area contributed by atoms with Crippen LogP contribution in [0.2, 0.25) is 0 Å². The van der Waals surface area contributed by atoms with Gasteiger partial charge in [-0.2, -0.15) is 13.2 Å². The highest BCUT2D eigenvalue weighted by Gasteiger charge is 2.36. The van der Waals surface area contributed by atoms with Gasteiger partial charge in [-0.25, -0.2) is 9.97 Å². The highest BCUT2D eigenvalue weighted by Crippen LogP contribution is 2.35. The highest BCUT2D eigenvalue weighted by atomic mass is 19.4. The van der Waals surface area contributed by atoms with Gasteiger partial charge >= 0.3 is 6.18 Å². The molecule has 0 aromatic carbocycles. The van der Waals surface area contributed by atoms with E-state index in [9.17, 15) is 13.2 Å². The number of nitrogens with two attached hydrogens (primary N) is 1. The van der Waals surface area contributed by atoms with Crippen molar-refractivity contribution in [2.45, 2.75) is 13.1 Å². The lowest BCUT2D eigenvalue weighted by Gasteiger charge is -2.10. The smallest absolute Gasteiger partial charge is 0.384 e. The highest BCUT2D eigenvalue weighted by molar-refractivity contribution is 5.63. The number of nitrogen functional groups attached to an aromatic ring is 1. The predicted octanol–water partition coefficient (Wildman–Crippen LogP) is 2.38. The van der Waals surface area contributed by atoms with Gasteiger partial charge in [-0.1, -0.05) is 0 Å². The second-order valence-corrected chi connectivity index (χ2v) is 3.51. The number of nitrogens with zero attached hydrogens (tertiary/aromatic N) is 2. The number of alkyl halides is 3. The van der Waals surface area contributed by atoms with Crippen LogP contribution in [0.1, 0.15) is 11.5 Å². The van der Waals surface area contributed by atoms with Gasteiger partial charge in [-0.3, -0.25) is 0 Å². The van der Waals surface area contributed by atoms with E-state index >= 15 is 0 Å². The lowest BCUT2D eigenvalue weighted by atomic mass is 10.1. The van der Waals surface area contributed by atoms with Crippen LogP contribution in [0.5, 0.6) is 0 Å². The fourth-order valence-electron chi connectivity index (χ4n) is 1.47. The predicted molar refractivity (Wildman–Crippen MR) is 56.0 cm³/mol. The number of pyridine rings is 1. The Morgan fingerprint density at radius 3 is 2.53 bits per heavy atom. The van der Waals surface area contributed by atoms with Gasteiger partial charge < -0.3 is 10.7 Å². The lowest BCUT2D eigenvalue weighted by Crippen LogP contribution is -2.11. The number of aromatic amines is 1. The van der Waals surface area contributed by atoms with Crippen molar-refractivity contribution in [2.24, 2.45) is 0 Å². The van der Waals surface area contributed by atoms with Crippen LogP contribution in [-0.2, 0) is 6.18 Å². The summed E-state index contributed by atoms with van der Waals surface area (Å²) in [5, 5.41) is 0. The molecule has 0 amide bonds. The monoisotopic (exact) mass is 242 g/mol. The van der Waals surface area contributed by atoms with E-state index in [0.717, 1.165) is 0 Å². The molecule has 2 rings (SSSR count). The standard InChI is InChI=1S/C10H9F3N4/c1-5-15-4-7(16-5)6-2-3-8(14)17-9(6)10(11,12)13/h2-4H,1H3,(H2,14,17)(H,15,16). The van der Waals surface area contributed by atoms with Crippen molar-refractivity contribution in [3.63, 3.8) is 0 Å². The Kier molecular flexibility index (Phi) is 2.53. The van der Waals surface area contributed by atoms with Crippen molar-refractivity contribution >= 4 is 5.82 Å². The number of H-pyrrole nitrogens is 1. The summed E-state index contributed by atoms with van der Waals surface area (Å²) in [7, 11) is 0. The van der Waals surface area contributed by atoms with Crippen LogP contribution in [0.15, 0.2) is 18.3 Å². The summed E-state index contributed by atoms with van der Waals surface area (Å²) in [5.74, 6) is 0.363. The van der Waals surface area contributed by atoms with E-state index in [2.05, 4.69) is 15.0 Å². The molecular weight excluding hydrogens is 233 g/mol. The van der Waals surface area contributed by atoms with Crippen LogP contribution in [0.25, 0.3) is 11.3 Å². The van der Waals surface area contributed by atoms with E-state index in [0.29, 0.717) is 5.82 Å². The maximum Gasteiger partial charge on any atom is 0.434 e. The molecule has 0 aliphatic rings. The first kappa shape index (κ1) is 11.4. The maximum atomic E-state index is 12.8. The second kappa shape index (κ2) is 3.76. The van der Waals surface area contributed by atoms with Gasteiger partial charge in [0, 0.05) is 5.56 Å². The Balaban J connectivity index is 2.61. The molecular formula is C10H9F3N4. The zero-order valence-corrected chi connectivity index (χ0v) is 8.84. The number of hydrogen-bond donors (Lipinski definition) is 2. The summed E-state index contributed by atoms with van der Waals surface area (Å²) in [5.41, 5.74) is 4.46. The fourth-order valence-corrected chi connectivity index (χ4v) is 1.47. The number of aryl methyl sites for hydroxylation is 1. The first-order valence-corrected chi connectivity index (χ1v) is 4.73. The molecule has 2 aromatic heterocycles. The minimum Gasteiger partial charge on any atom is -0.384 e. The molecule has 2 aromatic rings. The molecule has 90 valence electrons. The average Bonchev–Trinajstić information content (AvgIpc) is 2.63. The molecule has 0 fully saturated rings. The van der Waals surface area contributed by atoms with E-state index in [1.807, 2.05) is 0 Å². The van der Waals surface area contributed by atoms with Gasteiger partial charge in [0.15, 0.2) is 5.69 Å². The van der Waals surface area contributed by atoms with E-state index in [-0.39, 0.29) is 17.1 Å². The topological polar surface area (TPSA) is 67.6 Å². The summed E-state index contributed by atoms with van der Waals surface area (Å²) in [6, 6.07) is 2.60. The molecule has 17 heavy (non-hydrogen) atoms. The van der Waals surface area contributed by atoms with E-state index in [1.165, 1.54) is 18.3 Å². The summed E-state index contributed by atoms with van der Waals surface area (Å²) in [6.45, 7) is 1.65.